The van der Waals surface area contributed by atoms with Crippen molar-refractivity contribution in [3.8, 4) is 11.4 Å². The molecular formula is C21H34N2OP+. The van der Waals surface area contributed by atoms with Crippen LogP contribution in [0.5, 0.6) is 5.75 Å². The average molecular weight is 361 g/mol. The molecule has 0 fully saturated rings. The van der Waals surface area contributed by atoms with Crippen LogP contribution in [0.15, 0.2) is 43.0 Å². The van der Waals surface area contributed by atoms with Crippen LogP contribution in [0.4, 0.5) is 0 Å². The smallest absolute Gasteiger partial charge is 0.248 e. The van der Waals surface area contributed by atoms with E-state index in [1.807, 2.05) is 0 Å². The van der Waals surface area contributed by atoms with E-state index in [0.717, 1.165) is 18.0 Å². The number of aromatic nitrogens is 2. The van der Waals surface area contributed by atoms with Crippen molar-refractivity contribution in [2.45, 2.75) is 78.2 Å². The zero-order chi connectivity index (χ0) is 18.7. The third-order valence-electron chi connectivity index (χ3n) is 3.99. The largest absolute Gasteiger partial charge is 0.473 e. The molecule has 0 bridgehead atoms. The first-order valence-electron chi connectivity index (χ1n) is 9.27. The Hall–Kier alpha value is -1.34. The van der Waals surface area contributed by atoms with Gasteiger partial charge in [-0.15, -0.1) is 0 Å². The number of benzene rings is 1. The minimum absolute atomic E-state index is 0.139. The predicted molar refractivity (Wildman–Crippen MR) is 108 cm³/mol. The van der Waals surface area contributed by atoms with Gasteiger partial charge >= 0.3 is 0 Å². The number of hydrogen-bond donors (Lipinski definition) is 0. The van der Waals surface area contributed by atoms with Crippen molar-refractivity contribution in [3.63, 3.8) is 0 Å². The Morgan fingerprint density at radius 2 is 1.76 bits per heavy atom. The van der Waals surface area contributed by atoms with Crippen molar-refractivity contribution in [2.24, 2.45) is 0 Å². The highest BCUT2D eigenvalue weighted by Gasteiger charge is 2.37. The second kappa shape index (κ2) is 7.91. The minimum atomic E-state index is -0.618. The van der Waals surface area contributed by atoms with Crippen LogP contribution in [-0.2, 0) is 6.54 Å². The van der Waals surface area contributed by atoms with Gasteiger partial charge in [0.15, 0.2) is 0 Å². The molecule has 1 heterocycles. The van der Waals surface area contributed by atoms with Crippen LogP contribution in [0.25, 0.3) is 5.69 Å². The van der Waals surface area contributed by atoms with Crippen molar-refractivity contribution in [1.82, 2.24) is 4.57 Å². The molecule has 1 aromatic heterocycles. The van der Waals surface area contributed by atoms with Gasteiger partial charge in [-0.25, -0.2) is 9.13 Å². The quantitative estimate of drug-likeness (QED) is 0.460. The van der Waals surface area contributed by atoms with Gasteiger partial charge in [0, 0.05) is 16.4 Å². The van der Waals surface area contributed by atoms with Crippen LogP contribution in [-0.4, -0.2) is 14.9 Å². The zero-order valence-corrected chi connectivity index (χ0v) is 17.8. The summed E-state index contributed by atoms with van der Waals surface area (Å²) >= 11 is 0. The third-order valence-corrected chi connectivity index (χ3v) is 6.82. The Morgan fingerprint density at radius 1 is 1.08 bits per heavy atom. The molecule has 138 valence electrons. The number of aryl methyl sites for hydroxylation is 1. The fourth-order valence-corrected chi connectivity index (χ4v) is 5.99. The lowest BCUT2D eigenvalue weighted by atomic mass is 10.2. The molecule has 4 heteroatoms. The Balaban J connectivity index is 2.22. The lowest BCUT2D eigenvalue weighted by molar-refractivity contribution is -0.696. The van der Waals surface area contributed by atoms with Gasteiger partial charge < -0.3 is 4.52 Å². The van der Waals surface area contributed by atoms with Gasteiger partial charge in [0.25, 0.3) is 0 Å². The van der Waals surface area contributed by atoms with E-state index in [1.54, 1.807) is 0 Å². The lowest BCUT2D eigenvalue weighted by Crippen LogP contribution is -2.30. The average Bonchev–Trinajstić information content (AvgIpc) is 2.97. The fourth-order valence-electron chi connectivity index (χ4n) is 3.11. The van der Waals surface area contributed by atoms with E-state index < -0.39 is 8.15 Å². The maximum Gasteiger partial charge on any atom is 0.248 e. The molecule has 0 unspecified atom stereocenters. The maximum atomic E-state index is 6.52. The summed E-state index contributed by atoms with van der Waals surface area (Å²) < 4.78 is 10.9. The molecule has 0 spiro atoms. The molecule has 0 aliphatic rings. The molecule has 0 saturated carbocycles. The monoisotopic (exact) mass is 361 g/mol. The standard InChI is InChI=1S/C21H34N2OP/c1-8-9-13-22-14-15-23(17-22)18-11-10-12-19(16-18)24-25(20(2,3)4)21(5,6)7/h10-12,14-17H,8-9,13H2,1-7H3/q+1. The first kappa shape index (κ1) is 20.0. The van der Waals surface area contributed by atoms with Gasteiger partial charge in [-0.3, -0.25) is 0 Å². The fraction of sp³-hybridized carbons (Fsp3) is 0.571. The summed E-state index contributed by atoms with van der Waals surface area (Å²) in [5.74, 6) is 0.960. The maximum absolute atomic E-state index is 6.52. The lowest BCUT2D eigenvalue weighted by Gasteiger charge is -2.39. The van der Waals surface area contributed by atoms with Crippen LogP contribution < -0.4 is 9.09 Å². The van der Waals surface area contributed by atoms with Crippen LogP contribution in [0, 0.1) is 0 Å². The number of unbranched alkanes of at least 4 members (excludes halogenated alkanes) is 1. The molecule has 0 radical (unpaired) electrons. The summed E-state index contributed by atoms with van der Waals surface area (Å²) in [6, 6.07) is 8.44. The zero-order valence-electron chi connectivity index (χ0n) is 16.9. The molecule has 2 rings (SSSR count). The first-order chi connectivity index (χ1) is 11.6. The Labute approximate surface area is 154 Å². The van der Waals surface area contributed by atoms with Gasteiger partial charge in [0.05, 0.1) is 14.7 Å². The number of rotatable bonds is 6. The molecular weight excluding hydrogens is 327 g/mol. The number of nitrogens with zero attached hydrogens (tertiary/aromatic N) is 2. The molecule has 0 N–H and O–H groups in total. The topological polar surface area (TPSA) is 18.0 Å². The summed E-state index contributed by atoms with van der Waals surface area (Å²) in [7, 11) is -0.618. The minimum Gasteiger partial charge on any atom is -0.473 e. The summed E-state index contributed by atoms with van der Waals surface area (Å²) in [5, 5.41) is 0.278. The van der Waals surface area contributed by atoms with E-state index in [4.69, 9.17) is 4.52 Å². The highest BCUT2D eigenvalue weighted by Crippen LogP contribution is 2.59. The van der Waals surface area contributed by atoms with Gasteiger partial charge in [-0.05, 0) is 18.6 Å². The van der Waals surface area contributed by atoms with E-state index in [-0.39, 0.29) is 10.3 Å². The first-order valence-corrected chi connectivity index (χ1v) is 10.5. The Morgan fingerprint density at radius 3 is 2.36 bits per heavy atom. The molecule has 0 saturated heterocycles. The van der Waals surface area contributed by atoms with E-state index in [0.29, 0.717) is 0 Å². The van der Waals surface area contributed by atoms with Crippen molar-refractivity contribution < 1.29 is 9.09 Å². The highest BCUT2D eigenvalue weighted by atomic mass is 31.1. The summed E-state index contributed by atoms with van der Waals surface area (Å²) in [6.07, 6.45) is 8.83. The molecule has 3 nitrogen and oxygen atoms in total. The number of imidazole rings is 1. The van der Waals surface area contributed by atoms with Gasteiger partial charge in [-0.2, -0.15) is 0 Å². The molecule has 0 atom stereocenters. The summed E-state index contributed by atoms with van der Waals surface area (Å²) in [6.45, 7) is 16.9. The third kappa shape index (κ3) is 5.57. The number of hydrogen-bond acceptors (Lipinski definition) is 1. The molecule has 0 amide bonds. The molecule has 25 heavy (non-hydrogen) atoms. The SMILES string of the molecule is CCCC[n+]1ccn(-c2cccc(OP(C(C)(C)C)C(C)(C)C)c2)c1. The van der Waals surface area contributed by atoms with Crippen LogP contribution in [0.2, 0.25) is 0 Å². The Kier molecular flexibility index (Phi) is 6.32. The van der Waals surface area contributed by atoms with E-state index in [2.05, 4.69) is 101 Å². The van der Waals surface area contributed by atoms with Crippen molar-refractivity contribution in [1.29, 1.82) is 0 Å². The van der Waals surface area contributed by atoms with Crippen molar-refractivity contribution in [3.05, 3.63) is 43.0 Å². The summed E-state index contributed by atoms with van der Waals surface area (Å²) in [5.41, 5.74) is 1.14. The van der Waals surface area contributed by atoms with Gasteiger partial charge in [0.1, 0.15) is 23.8 Å². The van der Waals surface area contributed by atoms with E-state index in [9.17, 15) is 0 Å². The normalized spacial score (nSPS) is 12.6. The highest BCUT2D eigenvalue weighted by molar-refractivity contribution is 7.56. The molecule has 2 aromatic rings. The van der Waals surface area contributed by atoms with Crippen molar-refractivity contribution >= 4 is 8.15 Å². The molecule has 0 aliphatic carbocycles. The van der Waals surface area contributed by atoms with E-state index in [1.165, 1.54) is 12.8 Å². The Bertz CT molecular complexity index is 666. The van der Waals surface area contributed by atoms with Gasteiger partial charge in [-0.1, -0.05) is 61.0 Å². The van der Waals surface area contributed by atoms with Gasteiger partial charge in [0.2, 0.25) is 6.33 Å². The van der Waals surface area contributed by atoms with E-state index >= 15 is 0 Å². The summed E-state index contributed by atoms with van der Waals surface area (Å²) in [4.78, 5) is 0. The second-order valence-electron chi connectivity index (χ2n) is 8.64. The second-order valence-corrected chi connectivity index (χ2v) is 12.1. The van der Waals surface area contributed by atoms with Crippen molar-refractivity contribution in [2.75, 3.05) is 0 Å². The molecule has 0 aliphatic heterocycles. The van der Waals surface area contributed by atoms with Crippen LogP contribution in [0.3, 0.4) is 0 Å². The van der Waals surface area contributed by atoms with Crippen LogP contribution in [0.1, 0.15) is 61.3 Å². The van der Waals surface area contributed by atoms with Crippen LogP contribution >= 0.6 is 8.15 Å². The predicted octanol–water partition coefficient (Wildman–Crippen LogP) is 5.94. The molecule has 1 aromatic carbocycles.